The minimum absolute atomic E-state index is 0.0182. The van der Waals surface area contributed by atoms with Crippen molar-refractivity contribution in [2.24, 2.45) is 0 Å². The van der Waals surface area contributed by atoms with Gasteiger partial charge in [-0.3, -0.25) is 9.59 Å². The number of hydrogen-bond donors (Lipinski definition) is 1. The highest BCUT2D eigenvalue weighted by atomic mass is 32.2. The van der Waals surface area contributed by atoms with Crippen LogP contribution in [-0.4, -0.2) is 55.2 Å². The van der Waals surface area contributed by atoms with E-state index < -0.39 is 0 Å². The molecule has 0 atom stereocenters. The van der Waals surface area contributed by atoms with Gasteiger partial charge >= 0.3 is 0 Å². The third-order valence-electron chi connectivity index (χ3n) is 2.91. The molecule has 1 fully saturated rings. The number of nitrogens with one attached hydrogen (secondary N) is 1. The van der Waals surface area contributed by atoms with E-state index in [2.05, 4.69) is 5.32 Å². The van der Waals surface area contributed by atoms with Crippen molar-refractivity contribution in [3.63, 3.8) is 0 Å². The summed E-state index contributed by atoms with van der Waals surface area (Å²) in [4.78, 5) is 24.6. The van der Waals surface area contributed by atoms with E-state index in [1.807, 2.05) is 12.1 Å². The zero-order chi connectivity index (χ0) is 15.1. The molecule has 0 saturated carbocycles. The van der Waals surface area contributed by atoms with Gasteiger partial charge in [-0.1, -0.05) is 0 Å². The zero-order valence-corrected chi connectivity index (χ0v) is 12.6. The largest absolute Gasteiger partial charge is 0.497 e. The molecule has 1 heterocycles. The van der Waals surface area contributed by atoms with E-state index in [9.17, 15) is 9.59 Å². The highest BCUT2D eigenvalue weighted by Crippen LogP contribution is 2.16. The molecule has 0 aromatic heterocycles. The summed E-state index contributed by atoms with van der Waals surface area (Å²) in [6.45, 7) is 0.898. The van der Waals surface area contributed by atoms with Gasteiger partial charge in [-0.25, -0.2) is 0 Å². The first-order chi connectivity index (χ1) is 10.2. The molecular formula is C14H18N2O4S. The minimum Gasteiger partial charge on any atom is -0.497 e. The molecular weight excluding hydrogens is 292 g/mol. The number of carbonyl (C=O) groups excluding carboxylic acids is 2. The number of rotatable bonds is 7. The SMILES string of the molecule is COc1ccc(OCCNC(=O)CN2CSCC2=O)cc1. The van der Waals surface area contributed by atoms with E-state index in [0.717, 1.165) is 11.5 Å². The van der Waals surface area contributed by atoms with E-state index in [1.165, 1.54) is 11.8 Å². The van der Waals surface area contributed by atoms with Crippen LogP contribution in [0.1, 0.15) is 0 Å². The van der Waals surface area contributed by atoms with Crippen LogP contribution in [0.2, 0.25) is 0 Å². The molecule has 0 spiro atoms. The van der Waals surface area contributed by atoms with Crippen LogP contribution in [-0.2, 0) is 9.59 Å². The summed E-state index contributed by atoms with van der Waals surface area (Å²) in [5.74, 6) is 2.40. The average Bonchev–Trinajstić information content (AvgIpc) is 2.89. The first-order valence-electron chi connectivity index (χ1n) is 6.58. The highest BCUT2D eigenvalue weighted by molar-refractivity contribution is 8.00. The summed E-state index contributed by atoms with van der Waals surface area (Å²) in [5, 5.41) is 2.73. The van der Waals surface area contributed by atoms with Gasteiger partial charge in [-0.2, -0.15) is 0 Å². The predicted molar refractivity (Wildman–Crippen MR) is 80.5 cm³/mol. The van der Waals surface area contributed by atoms with Gasteiger partial charge in [-0.15, -0.1) is 11.8 Å². The smallest absolute Gasteiger partial charge is 0.239 e. The maximum Gasteiger partial charge on any atom is 0.239 e. The molecule has 1 aliphatic rings. The second-order valence-electron chi connectivity index (χ2n) is 4.44. The van der Waals surface area contributed by atoms with E-state index in [-0.39, 0.29) is 18.4 Å². The molecule has 21 heavy (non-hydrogen) atoms. The fourth-order valence-corrected chi connectivity index (χ4v) is 2.70. The van der Waals surface area contributed by atoms with Crippen molar-refractivity contribution >= 4 is 23.6 Å². The number of methoxy groups -OCH3 is 1. The number of nitrogens with zero attached hydrogens (tertiary/aromatic N) is 1. The monoisotopic (exact) mass is 310 g/mol. The molecule has 1 aromatic rings. The Hall–Kier alpha value is -1.89. The number of carbonyl (C=O) groups is 2. The van der Waals surface area contributed by atoms with Crippen LogP contribution in [0.25, 0.3) is 0 Å². The highest BCUT2D eigenvalue weighted by Gasteiger charge is 2.22. The maximum atomic E-state index is 11.7. The quantitative estimate of drug-likeness (QED) is 0.752. The Kier molecular flexibility index (Phi) is 5.74. The molecule has 1 aliphatic heterocycles. The van der Waals surface area contributed by atoms with E-state index >= 15 is 0 Å². The summed E-state index contributed by atoms with van der Waals surface area (Å²) in [7, 11) is 1.61. The van der Waals surface area contributed by atoms with Gasteiger partial charge in [0.15, 0.2) is 0 Å². The lowest BCUT2D eigenvalue weighted by molar-refractivity contribution is -0.132. The van der Waals surface area contributed by atoms with Crippen LogP contribution >= 0.6 is 11.8 Å². The number of amides is 2. The molecule has 1 N–H and O–H groups in total. The maximum absolute atomic E-state index is 11.7. The summed E-state index contributed by atoms with van der Waals surface area (Å²) in [6, 6.07) is 7.23. The first kappa shape index (κ1) is 15.5. The van der Waals surface area contributed by atoms with E-state index in [4.69, 9.17) is 9.47 Å². The van der Waals surface area contributed by atoms with Gasteiger partial charge in [0.05, 0.1) is 25.3 Å². The molecule has 6 nitrogen and oxygen atoms in total. The topological polar surface area (TPSA) is 67.9 Å². The second kappa shape index (κ2) is 7.78. The Bertz CT molecular complexity index is 492. The molecule has 0 radical (unpaired) electrons. The van der Waals surface area contributed by atoms with Gasteiger partial charge in [0.2, 0.25) is 11.8 Å². The molecule has 0 aliphatic carbocycles. The van der Waals surface area contributed by atoms with Crippen LogP contribution in [0.15, 0.2) is 24.3 Å². The Balaban J connectivity index is 1.62. The van der Waals surface area contributed by atoms with Gasteiger partial charge in [0.25, 0.3) is 0 Å². The third kappa shape index (κ3) is 4.86. The normalized spacial score (nSPS) is 14.1. The molecule has 1 aromatic carbocycles. The Morgan fingerprint density at radius 1 is 1.33 bits per heavy atom. The zero-order valence-electron chi connectivity index (χ0n) is 11.8. The number of ether oxygens (including phenoxy) is 2. The van der Waals surface area contributed by atoms with Crippen LogP contribution in [0.4, 0.5) is 0 Å². The summed E-state index contributed by atoms with van der Waals surface area (Å²) in [6.07, 6.45) is 0. The summed E-state index contributed by atoms with van der Waals surface area (Å²) in [5.41, 5.74) is 0. The standard InChI is InChI=1S/C14H18N2O4S/c1-19-11-2-4-12(5-3-11)20-7-6-15-13(17)8-16-10-21-9-14(16)18/h2-5H,6-10H2,1H3,(H,15,17). The van der Waals surface area contributed by atoms with E-state index in [1.54, 1.807) is 24.1 Å². The van der Waals surface area contributed by atoms with Crippen LogP contribution in [0.3, 0.4) is 0 Å². The van der Waals surface area contributed by atoms with Gasteiger partial charge in [0, 0.05) is 0 Å². The van der Waals surface area contributed by atoms with Gasteiger partial charge in [0.1, 0.15) is 24.7 Å². The number of hydrogen-bond acceptors (Lipinski definition) is 5. The predicted octanol–water partition coefficient (Wildman–Crippen LogP) is 0.723. The van der Waals surface area contributed by atoms with Crippen molar-refractivity contribution in [1.82, 2.24) is 10.2 Å². The molecule has 114 valence electrons. The fraction of sp³-hybridized carbons (Fsp3) is 0.429. The fourth-order valence-electron chi connectivity index (χ4n) is 1.80. The molecule has 0 unspecified atom stereocenters. The van der Waals surface area contributed by atoms with Gasteiger partial charge in [-0.05, 0) is 24.3 Å². The summed E-state index contributed by atoms with van der Waals surface area (Å²) < 4.78 is 10.5. The van der Waals surface area contributed by atoms with Crippen molar-refractivity contribution in [1.29, 1.82) is 0 Å². The van der Waals surface area contributed by atoms with Crippen molar-refractivity contribution in [2.45, 2.75) is 0 Å². The molecule has 7 heteroatoms. The van der Waals surface area contributed by atoms with Crippen LogP contribution < -0.4 is 14.8 Å². The molecule has 2 rings (SSSR count). The van der Waals surface area contributed by atoms with Crippen molar-refractivity contribution < 1.29 is 19.1 Å². The Morgan fingerprint density at radius 2 is 2.05 bits per heavy atom. The minimum atomic E-state index is -0.163. The molecule has 1 saturated heterocycles. The van der Waals surface area contributed by atoms with Crippen molar-refractivity contribution in [3.05, 3.63) is 24.3 Å². The Morgan fingerprint density at radius 3 is 2.67 bits per heavy atom. The van der Waals surface area contributed by atoms with Crippen molar-refractivity contribution in [2.75, 3.05) is 38.4 Å². The lowest BCUT2D eigenvalue weighted by Gasteiger charge is -2.14. The van der Waals surface area contributed by atoms with Crippen LogP contribution in [0.5, 0.6) is 11.5 Å². The third-order valence-corrected chi connectivity index (χ3v) is 3.86. The molecule has 0 bridgehead atoms. The number of benzene rings is 1. The Labute approximate surface area is 127 Å². The second-order valence-corrected chi connectivity index (χ2v) is 5.40. The summed E-state index contributed by atoms with van der Waals surface area (Å²) >= 11 is 1.52. The van der Waals surface area contributed by atoms with Gasteiger partial charge < -0.3 is 19.7 Å². The average molecular weight is 310 g/mol. The lowest BCUT2D eigenvalue weighted by Crippen LogP contribution is -2.39. The van der Waals surface area contributed by atoms with Crippen LogP contribution in [0, 0.1) is 0 Å². The first-order valence-corrected chi connectivity index (χ1v) is 7.73. The number of thioether (sulfide) groups is 1. The molecule has 2 amide bonds. The lowest BCUT2D eigenvalue weighted by atomic mass is 10.3. The van der Waals surface area contributed by atoms with Crippen molar-refractivity contribution in [3.8, 4) is 11.5 Å². The van der Waals surface area contributed by atoms with E-state index in [0.29, 0.717) is 24.8 Å².